The van der Waals surface area contributed by atoms with Crippen LogP contribution in [0.4, 0.5) is 0 Å². The van der Waals surface area contributed by atoms with Gasteiger partial charge in [-0.25, -0.2) is 0 Å². The molecule has 2 nitrogen and oxygen atoms in total. The molecule has 0 aliphatic heterocycles. The van der Waals surface area contributed by atoms with Crippen molar-refractivity contribution in [2.75, 3.05) is 6.61 Å². The third kappa shape index (κ3) is 3.55. The molecular weight excluding hydrogens is 188 g/mol. The molecule has 0 fully saturated rings. The lowest BCUT2D eigenvalue weighted by molar-refractivity contribution is 0.307. The van der Waals surface area contributed by atoms with Gasteiger partial charge in [-0.3, -0.25) is 0 Å². The molecule has 1 N–H and O–H groups in total. The van der Waals surface area contributed by atoms with Crippen LogP contribution >= 0.6 is 11.6 Å². The summed E-state index contributed by atoms with van der Waals surface area (Å²) in [5.74, 6) is 0.762. The van der Waals surface area contributed by atoms with Gasteiger partial charge in [0.1, 0.15) is 11.5 Å². The Bertz CT molecular complexity index is 253. The van der Waals surface area contributed by atoms with Crippen molar-refractivity contribution < 1.29 is 9.84 Å². The van der Waals surface area contributed by atoms with E-state index in [1.807, 2.05) is 0 Å². The van der Waals surface area contributed by atoms with Gasteiger partial charge in [-0.2, -0.15) is 0 Å². The first-order valence-corrected chi connectivity index (χ1v) is 4.72. The van der Waals surface area contributed by atoms with E-state index >= 15 is 0 Å². The number of ether oxygens (including phenoxy) is 1. The fraction of sp³-hybridized carbons (Fsp3) is 0.400. The number of phenolic OH excluding ortho intramolecular Hbond substituents is 1. The van der Waals surface area contributed by atoms with E-state index in [2.05, 4.69) is 6.92 Å². The summed E-state index contributed by atoms with van der Waals surface area (Å²) in [4.78, 5) is 0. The lowest BCUT2D eigenvalue weighted by atomic mass is 10.3. The molecular formula is C10H13ClO2. The minimum atomic E-state index is 0.138. The summed E-state index contributed by atoms with van der Waals surface area (Å²) in [6.07, 6.45) is 2.10. The summed E-state index contributed by atoms with van der Waals surface area (Å²) < 4.78 is 5.36. The molecule has 72 valence electrons. The molecule has 0 bridgehead atoms. The van der Waals surface area contributed by atoms with Gasteiger partial charge in [0.25, 0.3) is 0 Å². The van der Waals surface area contributed by atoms with Crippen molar-refractivity contribution in [3.63, 3.8) is 0 Å². The molecule has 0 saturated heterocycles. The summed E-state index contributed by atoms with van der Waals surface area (Å²) in [6, 6.07) is 4.73. The summed E-state index contributed by atoms with van der Waals surface area (Å²) in [5, 5.41) is 9.68. The average molecular weight is 201 g/mol. The van der Waals surface area contributed by atoms with Crippen LogP contribution in [0.15, 0.2) is 18.2 Å². The number of rotatable bonds is 4. The second-order valence-corrected chi connectivity index (χ2v) is 3.28. The number of hydrogen-bond acceptors (Lipinski definition) is 2. The summed E-state index contributed by atoms with van der Waals surface area (Å²) in [5.41, 5.74) is 0. The van der Waals surface area contributed by atoms with Crippen molar-refractivity contribution in [2.45, 2.75) is 19.8 Å². The minimum Gasteiger partial charge on any atom is -0.508 e. The van der Waals surface area contributed by atoms with Gasteiger partial charge in [0.2, 0.25) is 0 Å². The summed E-state index contributed by atoms with van der Waals surface area (Å²) in [7, 11) is 0. The van der Waals surface area contributed by atoms with Crippen molar-refractivity contribution in [3.8, 4) is 11.5 Å². The Morgan fingerprint density at radius 1 is 1.38 bits per heavy atom. The predicted molar refractivity (Wildman–Crippen MR) is 53.5 cm³/mol. The maximum absolute atomic E-state index is 9.19. The smallest absolute Gasteiger partial charge is 0.124 e. The van der Waals surface area contributed by atoms with Crippen molar-refractivity contribution in [2.24, 2.45) is 0 Å². The van der Waals surface area contributed by atoms with Crippen LogP contribution in [-0.4, -0.2) is 11.7 Å². The lowest BCUT2D eigenvalue weighted by Gasteiger charge is -2.05. The molecule has 0 unspecified atom stereocenters. The normalized spacial score (nSPS) is 10.0. The highest BCUT2D eigenvalue weighted by atomic mass is 35.5. The molecule has 1 aromatic rings. The molecule has 0 aliphatic carbocycles. The van der Waals surface area contributed by atoms with Gasteiger partial charge in [0.15, 0.2) is 0 Å². The van der Waals surface area contributed by atoms with E-state index in [4.69, 9.17) is 16.3 Å². The van der Waals surface area contributed by atoms with Gasteiger partial charge in [0, 0.05) is 11.1 Å². The van der Waals surface area contributed by atoms with Crippen LogP contribution in [0, 0.1) is 0 Å². The number of hydrogen-bond donors (Lipinski definition) is 1. The first-order valence-electron chi connectivity index (χ1n) is 4.34. The lowest BCUT2D eigenvalue weighted by Crippen LogP contribution is -1.95. The molecule has 1 aromatic carbocycles. The van der Waals surface area contributed by atoms with E-state index in [9.17, 15) is 5.11 Å². The van der Waals surface area contributed by atoms with E-state index in [0.29, 0.717) is 17.4 Å². The van der Waals surface area contributed by atoms with Crippen LogP contribution in [0.2, 0.25) is 5.02 Å². The quantitative estimate of drug-likeness (QED) is 0.757. The third-order valence-electron chi connectivity index (χ3n) is 1.62. The zero-order chi connectivity index (χ0) is 9.68. The van der Waals surface area contributed by atoms with Crippen molar-refractivity contribution in [1.29, 1.82) is 0 Å². The van der Waals surface area contributed by atoms with E-state index in [0.717, 1.165) is 12.8 Å². The second kappa shape index (κ2) is 4.97. The molecule has 13 heavy (non-hydrogen) atoms. The zero-order valence-corrected chi connectivity index (χ0v) is 8.34. The number of halogens is 1. The molecule has 0 amide bonds. The Balaban J connectivity index is 2.56. The van der Waals surface area contributed by atoms with Crippen molar-refractivity contribution in [1.82, 2.24) is 0 Å². The highest BCUT2D eigenvalue weighted by molar-refractivity contribution is 6.30. The van der Waals surface area contributed by atoms with Gasteiger partial charge in [-0.05, 0) is 18.6 Å². The van der Waals surface area contributed by atoms with Crippen LogP contribution < -0.4 is 4.74 Å². The van der Waals surface area contributed by atoms with Gasteiger partial charge >= 0.3 is 0 Å². The maximum atomic E-state index is 9.19. The standard InChI is InChI=1S/C10H13ClO2/c1-2-3-4-13-10-6-8(11)5-9(12)7-10/h5-7,12H,2-4H2,1H3. The first-order chi connectivity index (χ1) is 6.22. The SMILES string of the molecule is CCCCOc1cc(O)cc(Cl)c1. The summed E-state index contributed by atoms with van der Waals surface area (Å²) >= 11 is 5.72. The molecule has 0 saturated carbocycles. The number of unbranched alkanes of at least 4 members (excludes halogenated alkanes) is 1. The Morgan fingerprint density at radius 3 is 2.77 bits per heavy atom. The fourth-order valence-corrected chi connectivity index (χ4v) is 1.18. The van der Waals surface area contributed by atoms with Gasteiger partial charge in [-0.15, -0.1) is 0 Å². The molecule has 0 aliphatic rings. The van der Waals surface area contributed by atoms with Crippen LogP contribution in [0.5, 0.6) is 11.5 Å². The molecule has 0 spiro atoms. The Labute approximate surface area is 83.1 Å². The van der Waals surface area contributed by atoms with Crippen molar-refractivity contribution >= 4 is 11.6 Å². The molecule has 0 aromatic heterocycles. The number of benzene rings is 1. The van der Waals surface area contributed by atoms with Gasteiger partial charge < -0.3 is 9.84 Å². The Morgan fingerprint density at radius 2 is 2.15 bits per heavy atom. The predicted octanol–water partition coefficient (Wildman–Crippen LogP) is 3.22. The zero-order valence-electron chi connectivity index (χ0n) is 7.59. The minimum absolute atomic E-state index is 0.138. The van der Waals surface area contributed by atoms with Crippen LogP contribution in [0.25, 0.3) is 0 Å². The first kappa shape index (κ1) is 10.2. The molecule has 0 radical (unpaired) electrons. The highest BCUT2D eigenvalue weighted by Crippen LogP contribution is 2.24. The Kier molecular flexibility index (Phi) is 3.90. The topological polar surface area (TPSA) is 29.5 Å². The molecule has 3 heteroatoms. The van der Waals surface area contributed by atoms with Crippen molar-refractivity contribution in [3.05, 3.63) is 23.2 Å². The maximum Gasteiger partial charge on any atom is 0.124 e. The van der Waals surface area contributed by atoms with Crippen LogP contribution in [0.1, 0.15) is 19.8 Å². The van der Waals surface area contributed by atoms with Crippen LogP contribution in [-0.2, 0) is 0 Å². The van der Waals surface area contributed by atoms with E-state index in [1.54, 1.807) is 12.1 Å². The summed E-state index contributed by atoms with van der Waals surface area (Å²) in [6.45, 7) is 2.76. The Hall–Kier alpha value is -0.890. The van der Waals surface area contributed by atoms with E-state index in [1.165, 1.54) is 6.07 Å². The molecule has 0 heterocycles. The highest BCUT2D eigenvalue weighted by Gasteiger charge is 1.98. The number of aromatic hydroxyl groups is 1. The van der Waals surface area contributed by atoms with Gasteiger partial charge in [0.05, 0.1) is 6.61 Å². The average Bonchev–Trinajstić information content (AvgIpc) is 2.03. The number of phenols is 1. The fourth-order valence-electron chi connectivity index (χ4n) is 0.966. The second-order valence-electron chi connectivity index (χ2n) is 2.85. The molecule has 1 rings (SSSR count). The van der Waals surface area contributed by atoms with E-state index < -0.39 is 0 Å². The third-order valence-corrected chi connectivity index (χ3v) is 1.84. The van der Waals surface area contributed by atoms with Crippen LogP contribution in [0.3, 0.4) is 0 Å². The largest absolute Gasteiger partial charge is 0.508 e. The van der Waals surface area contributed by atoms with E-state index in [-0.39, 0.29) is 5.75 Å². The van der Waals surface area contributed by atoms with Gasteiger partial charge in [-0.1, -0.05) is 24.9 Å². The monoisotopic (exact) mass is 200 g/mol. The molecule has 0 atom stereocenters.